The first kappa shape index (κ1) is 54.1. The number of hydrogen-bond donors (Lipinski definition) is 0. The van der Waals surface area contributed by atoms with Gasteiger partial charge in [0.15, 0.2) is 6.10 Å². The molecule has 0 saturated heterocycles. The van der Waals surface area contributed by atoms with Gasteiger partial charge in [0.25, 0.3) is 0 Å². The molecule has 0 rings (SSSR count). The van der Waals surface area contributed by atoms with Crippen molar-refractivity contribution in [1.29, 1.82) is 0 Å². The van der Waals surface area contributed by atoms with Gasteiger partial charge in [0.05, 0.1) is 0 Å². The molecule has 0 fully saturated rings. The van der Waals surface area contributed by atoms with Crippen LogP contribution < -0.4 is 0 Å². The van der Waals surface area contributed by atoms with Gasteiger partial charge in [-0.1, -0.05) is 191 Å². The van der Waals surface area contributed by atoms with E-state index in [0.717, 1.165) is 109 Å². The van der Waals surface area contributed by atoms with Crippen LogP contribution in [0.3, 0.4) is 0 Å². The maximum Gasteiger partial charge on any atom is 0.306 e. The van der Waals surface area contributed by atoms with Gasteiger partial charge in [0, 0.05) is 19.3 Å². The molecule has 0 aromatic carbocycles. The monoisotopic (exact) mass is 797 g/mol. The number of allylic oxidation sites excluding steroid dienone is 10. The van der Waals surface area contributed by atoms with Crippen molar-refractivity contribution in [3.05, 3.63) is 60.8 Å². The lowest BCUT2D eigenvalue weighted by molar-refractivity contribution is -0.167. The highest BCUT2D eigenvalue weighted by Crippen LogP contribution is 2.14. The molecule has 6 nitrogen and oxygen atoms in total. The molecule has 0 spiro atoms. The number of hydrogen-bond acceptors (Lipinski definition) is 6. The quantitative estimate of drug-likeness (QED) is 0.0265. The number of esters is 3. The predicted octanol–water partition coefficient (Wildman–Crippen LogP) is 15.3. The van der Waals surface area contributed by atoms with Gasteiger partial charge in [-0.15, -0.1) is 0 Å². The molecule has 0 bridgehead atoms. The smallest absolute Gasteiger partial charge is 0.306 e. The van der Waals surface area contributed by atoms with E-state index in [4.69, 9.17) is 14.2 Å². The Labute approximate surface area is 351 Å². The Morgan fingerprint density at radius 3 is 1.14 bits per heavy atom. The molecule has 0 aliphatic heterocycles. The largest absolute Gasteiger partial charge is 0.462 e. The zero-order valence-electron chi connectivity index (χ0n) is 37.3. The number of ether oxygens (including phenoxy) is 3. The van der Waals surface area contributed by atoms with Crippen molar-refractivity contribution >= 4 is 17.9 Å². The van der Waals surface area contributed by atoms with E-state index in [0.29, 0.717) is 19.3 Å². The second kappa shape index (κ2) is 45.8. The number of unbranched alkanes of at least 4 members (excludes halogenated alkanes) is 21. The third-order valence-electron chi connectivity index (χ3n) is 10.0. The van der Waals surface area contributed by atoms with Crippen LogP contribution >= 0.6 is 0 Å². The Morgan fingerprint density at radius 1 is 0.368 bits per heavy atom. The summed E-state index contributed by atoms with van der Waals surface area (Å²) < 4.78 is 16.7. The van der Waals surface area contributed by atoms with Gasteiger partial charge in [-0.05, 0) is 77.0 Å². The lowest BCUT2D eigenvalue weighted by atomic mass is 10.0. The summed E-state index contributed by atoms with van der Waals surface area (Å²) in [6.07, 6.45) is 54.8. The first-order chi connectivity index (χ1) is 28.0. The third-order valence-corrected chi connectivity index (χ3v) is 10.0. The van der Waals surface area contributed by atoms with Gasteiger partial charge in [-0.25, -0.2) is 0 Å². The molecule has 328 valence electrons. The Morgan fingerprint density at radius 2 is 0.702 bits per heavy atom. The van der Waals surface area contributed by atoms with E-state index in [9.17, 15) is 14.4 Å². The van der Waals surface area contributed by atoms with Crippen molar-refractivity contribution in [2.45, 2.75) is 232 Å². The van der Waals surface area contributed by atoms with Crippen LogP contribution in [0.25, 0.3) is 0 Å². The fraction of sp³-hybridized carbons (Fsp3) is 0.745. The molecule has 0 amide bonds. The number of carbonyl (C=O) groups is 3. The van der Waals surface area contributed by atoms with Gasteiger partial charge < -0.3 is 14.2 Å². The molecular weight excluding hydrogens is 709 g/mol. The maximum absolute atomic E-state index is 12.7. The van der Waals surface area contributed by atoms with Crippen LogP contribution in [0.1, 0.15) is 226 Å². The van der Waals surface area contributed by atoms with E-state index in [1.807, 2.05) is 0 Å². The maximum atomic E-state index is 12.7. The highest BCUT2D eigenvalue weighted by Gasteiger charge is 2.19. The van der Waals surface area contributed by atoms with Gasteiger partial charge in [-0.2, -0.15) is 0 Å². The molecule has 0 radical (unpaired) electrons. The van der Waals surface area contributed by atoms with Crippen LogP contribution in [0.5, 0.6) is 0 Å². The Hall–Kier alpha value is -2.89. The van der Waals surface area contributed by atoms with Crippen molar-refractivity contribution in [2.24, 2.45) is 0 Å². The van der Waals surface area contributed by atoms with E-state index >= 15 is 0 Å². The van der Waals surface area contributed by atoms with Gasteiger partial charge in [0.1, 0.15) is 13.2 Å². The minimum atomic E-state index is -0.791. The first-order valence-corrected chi connectivity index (χ1v) is 23.8. The summed E-state index contributed by atoms with van der Waals surface area (Å²) >= 11 is 0. The summed E-state index contributed by atoms with van der Waals surface area (Å²) in [5.41, 5.74) is 0. The predicted molar refractivity (Wildman–Crippen MR) is 242 cm³/mol. The van der Waals surface area contributed by atoms with Crippen molar-refractivity contribution in [3.8, 4) is 0 Å². The standard InChI is InChI=1S/C51H88O6/c1-4-7-10-13-16-19-22-25-27-29-32-35-38-41-44-50(53)56-47-48(46-55-49(52)43-40-37-34-31-28-24-21-18-15-12-9-6-3)57-51(54)45-42-39-36-33-30-26-23-20-17-14-11-8-5-2/h8,11,13,16-17,20,22,25-26,30,48H,4-7,9-10,12,14-15,18-19,21,23-24,27-29,31-47H2,1-3H3/b11-8-,16-13-,20-17-,25-22-,30-26-. The first-order valence-electron chi connectivity index (χ1n) is 23.8. The zero-order chi connectivity index (χ0) is 41.5. The average Bonchev–Trinajstić information content (AvgIpc) is 3.21. The molecule has 57 heavy (non-hydrogen) atoms. The van der Waals surface area contributed by atoms with E-state index < -0.39 is 6.10 Å². The highest BCUT2D eigenvalue weighted by molar-refractivity contribution is 5.71. The molecule has 1 atom stereocenters. The minimum Gasteiger partial charge on any atom is -0.462 e. The van der Waals surface area contributed by atoms with Gasteiger partial charge in [-0.3, -0.25) is 14.4 Å². The van der Waals surface area contributed by atoms with E-state index in [1.54, 1.807) is 0 Å². The van der Waals surface area contributed by atoms with E-state index in [-0.39, 0.29) is 31.1 Å². The fourth-order valence-corrected chi connectivity index (χ4v) is 6.41. The second-order valence-electron chi connectivity index (χ2n) is 15.6. The molecule has 0 heterocycles. The molecule has 0 aromatic rings. The molecule has 0 aliphatic rings. The van der Waals surface area contributed by atoms with Crippen molar-refractivity contribution in [1.82, 2.24) is 0 Å². The summed E-state index contributed by atoms with van der Waals surface area (Å²) in [5.74, 6) is -0.934. The van der Waals surface area contributed by atoms with Crippen LogP contribution in [-0.2, 0) is 28.6 Å². The third kappa shape index (κ3) is 44.1. The normalized spacial score (nSPS) is 12.5. The lowest BCUT2D eigenvalue weighted by Gasteiger charge is -2.18. The summed E-state index contributed by atoms with van der Waals surface area (Å²) in [6, 6.07) is 0. The SMILES string of the molecule is CC/C=C\C/C=C\C/C=C\CCCCCC(=O)OC(COC(=O)CCCCCCC/C=C\C/C=C\CCCC)COC(=O)CCCCCCCCCCCCCC. The highest BCUT2D eigenvalue weighted by atomic mass is 16.6. The molecule has 1 unspecified atom stereocenters. The molecule has 0 saturated carbocycles. The van der Waals surface area contributed by atoms with Crippen LogP contribution in [0.2, 0.25) is 0 Å². The molecule has 0 aliphatic carbocycles. The number of rotatable bonds is 42. The topological polar surface area (TPSA) is 78.9 Å². The average molecular weight is 797 g/mol. The summed E-state index contributed by atoms with van der Waals surface area (Å²) in [7, 11) is 0. The van der Waals surface area contributed by atoms with Gasteiger partial charge in [0.2, 0.25) is 0 Å². The Balaban J connectivity index is 4.44. The lowest BCUT2D eigenvalue weighted by Crippen LogP contribution is -2.30. The Bertz CT molecular complexity index is 1050. The summed E-state index contributed by atoms with van der Waals surface area (Å²) in [5, 5.41) is 0. The summed E-state index contributed by atoms with van der Waals surface area (Å²) in [4.78, 5) is 37.8. The van der Waals surface area contributed by atoms with E-state index in [2.05, 4.69) is 81.5 Å². The van der Waals surface area contributed by atoms with Crippen LogP contribution in [0, 0.1) is 0 Å². The van der Waals surface area contributed by atoms with Crippen molar-refractivity contribution in [3.63, 3.8) is 0 Å². The fourth-order valence-electron chi connectivity index (χ4n) is 6.41. The van der Waals surface area contributed by atoms with Gasteiger partial charge >= 0.3 is 17.9 Å². The van der Waals surface area contributed by atoms with Crippen molar-refractivity contribution < 1.29 is 28.6 Å². The van der Waals surface area contributed by atoms with Crippen molar-refractivity contribution in [2.75, 3.05) is 13.2 Å². The molecule has 0 aromatic heterocycles. The van der Waals surface area contributed by atoms with Crippen LogP contribution in [0.15, 0.2) is 60.8 Å². The zero-order valence-corrected chi connectivity index (χ0v) is 37.3. The van der Waals surface area contributed by atoms with Crippen LogP contribution in [0.4, 0.5) is 0 Å². The molecule has 0 N–H and O–H groups in total. The van der Waals surface area contributed by atoms with Crippen LogP contribution in [-0.4, -0.2) is 37.2 Å². The minimum absolute atomic E-state index is 0.0895. The molecular formula is C51H88O6. The van der Waals surface area contributed by atoms with E-state index in [1.165, 1.54) is 77.0 Å². The molecule has 6 heteroatoms. The second-order valence-corrected chi connectivity index (χ2v) is 15.6. The Kier molecular flexibility index (Phi) is 43.5. The summed E-state index contributed by atoms with van der Waals surface area (Å²) in [6.45, 7) is 6.43. The number of carbonyl (C=O) groups excluding carboxylic acids is 3.